The van der Waals surface area contributed by atoms with Crippen LogP contribution in [0.1, 0.15) is 0 Å². The van der Waals surface area contributed by atoms with Gasteiger partial charge in [-0.2, -0.15) is 16.7 Å². The molecule has 0 unspecified atom stereocenters. The second-order valence-corrected chi connectivity index (χ2v) is 7.20. The first-order chi connectivity index (χ1) is 11.7. The van der Waals surface area contributed by atoms with Crippen molar-refractivity contribution in [3.63, 3.8) is 0 Å². The van der Waals surface area contributed by atoms with E-state index in [2.05, 4.69) is 10.3 Å². The molecule has 1 aromatic carbocycles. The predicted molar refractivity (Wildman–Crippen MR) is 104 cm³/mol. The van der Waals surface area contributed by atoms with Crippen LogP contribution in [0.4, 0.5) is 5.69 Å². The molecule has 2 N–H and O–H groups in total. The molecule has 2 heterocycles. The third-order valence-corrected chi connectivity index (χ3v) is 5.24. The zero-order valence-electron chi connectivity index (χ0n) is 13.6. The Kier molecular flexibility index (Phi) is 7.69. The SMILES string of the molecule is COc1ccc2nc3cc(Cl)ccc3c(NCCSCCCl)c2[nH+]1.[Cl-]. The Morgan fingerprint density at radius 3 is 2.80 bits per heavy atom. The van der Waals surface area contributed by atoms with E-state index < -0.39 is 0 Å². The van der Waals surface area contributed by atoms with Gasteiger partial charge in [0, 0.05) is 34.3 Å². The molecule has 8 heteroatoms. The van der Waals surface area contributed by atoms with Crippen molar-refractivity contribution < 1.29 is 22.1 Å². The van der Waals surface area contributed by atoms with E-state index in [-0.39, 0.29) is 12.4 Å². The number of aromatic amines is 1. The van der Waals surface area contributed by atoms with Gasteiger partial charge < -0.3 is 22.5 Å². The number of ether oxygens (including phenoxy) is 1. The highest BCUT2D eigenvalue weighted by molar-refractivity contribution is 7.99. The maximum absolute atomic E-state index is 6.13. The van der Waals surface area contributed by atoms with Crippen LogP contribution < -0.4 is 27.4 Å². The van der Waals surface area contributed by atoms with Crippen molar-refractivity contribution in [2.45, 2.75) is 0 Å². The molecule has 4 nitrogen and oxygen atoms in total. The summed E-state index contributed by atoms with van der Waals surface area (Å²) in [7, 11) is 1.64. The second-order valence-electron chi connectivity index (χ2n) is 5.16. The Hall–Kier alpha value is -1.14. The number of pyridine rings is 2. The molecule has 0 aliphatic rings. The largest absolute Gasteiger partial charge is 1.00 e. The van der Waals surface area contributed by atoms with Crippen LogP contribution in [0.15, 0.2) is 30.3 Å². The molecular weight excluding hydrogens is 401 g/mol. The van der Waals surface area contributed by atoms with E-state index in [9.17, 15) is 0 Å². The smallest absolute Gasteiger partial charge is 0.366 e. The van der Waals surface area contributed by atoms with Gasteiger partial charge in [0.15, 0.2) is 0 Å². The quantitative estimate of drug-likeness (QED) is 0.356. The van der Waals surface area contributed by atoms with Gasteiger partial charge in [0.25, 0.3) is 5.52 Å². The highest BCUT2D eigenvalue weighted by atomic mass is 35.5. The maximum atomic E-state index is 6.13. The molecule has 3 aromatic rings. The lowest BCUT2D eigenvalue weighted by Crippen LogP contribution is -3.00. The summed E-state index contributed by atoms with van der Waals surface area (Å²) in [5.41, 5.74) is 3.66. The molecule has 0 atom stereocenters. The number of thioether (sulfide) groups is 1. The van der Waals surface area contributed by atoms with Crippen LogP contribution in [-0.4, -0.2) is 36.0 Å². The van der Waals surface area contributed by atoms with Gasteiger partial charge in [0.05, 0.1) is 18.7 Å². The lowest BCUT2D eigenvalue weighted by molar-refractivity contribution is -0.360. The van der Waals surface area contributed by atoms with Crippen LogP contribution in [0.5, 0.6) is 5.88 Å². The number of halogens is 3. The molecule has 3 rings (SSSR count). The van der Waals surface area contributed by atoms with E-state index in [1.165, 1.54) is 0 Å². The highest BCUT2D eigenvalue weighted by Gasteiger charge is 2.16. The number of nitrogens with zero attached hydrogens (tertiary/aromatic N) is 1. The van der Waals surface area contributed by atoms with Gasteiger partial charge in [-0.25, -0.2) is 4.98 Å². The molecule has 0 bridgehead atoms. The average molecular weight is 419 g/mol. The summed E-state index contributed by atoms with van der Waals surface area (Å²) >= 11 is 13.7. The molecule has 0 saturated carbocycles. The Bertz CT molecular complexity index is 863. The summed E-state index contributed by atoms with van der Waals surface area (Å²) in [4.78, 5) is 7.99. The third-order valence-electron chi connectivity index (χ3n) is 3.61. The number of methoxy groups -OCH3 is 1. The van der Waals surface area contributed by atoms with Gasteiger partial charge in [0.1, 0.15) is 11.2 Å². The molecule has 0 amide bonds. The van der Waals surface area contributed by atoms with E-state index in [1.54, 1.807) is 7.11 Å². The van der Waals surface area contributed by atoms with Crippen molar-refractivity contribution >= 4 is 62.6 Å². The number of aromatic nitrogens is 2. The zero-order chi connectivity index (χ0) is 16.9. The number of rotatable bonds is 7. The molecule has 134 valence electrons. The number of fused-ring (bicyclic) bond motifs is 2. The molecule has 0 aliphatic heterocycles. The van der Waals surface area contributed by atoms with Crippen LogP contribution in [0.3, 0.4) is 0 Å². The number of H-pyrrole nitrogens is 1. The Morgan fingerprint density at radius 1 is 1.20 bits per heavy atom. The monoisotopic (exact) mass is 417 g/mol. The summed E-state index contributed by atoms with van der Waals surface area (Å²) in [5, 5.41) is 5.23. The Morgan fingerprint density at radius 2 is 2.04 bits per heavy atom. The van der Waals surface area contributed by atoms with Gasteiger partial charge in [-0.3, -0.25) is 0 Å². The third kappa shape index (κ3) is 4.73. The minimum Gasteiger partial charge on any atom is -1.00 e. The minimum atomic E-state index is 0. The normalized spacial score (nSPS) is 10.7. The number of anilines is 1. The van der Waals surface area contributed by atoms with Crippen molar-refractivity contribution in [1.82, 2.24) is 4.98 Å². The van der Waals surface area contributed by atoms with Gasteiger partial charge in [0.2, 0.25) is 0 Å². The van der Waals surface area contributed by atoms with Gasteiger partial charge in [-0.15, -0.1) is 11.6 Å². The first-order valence-corrected chi connectivity index (χ1v) is 9.66. The topological polar surface area (TPSA) is 48.3 Å². The number of hydrogen-bond donors (Lipinski definition) is 1. The average Bonchev–Trinajstić information content (AvgIpc) is 2.60. The molecule has 0 saturated heterocycles. The van der Waals surface area contributed by atoms with E-state index >= 15 is 0 Å². The Balaban J connectivity index is 0.00000225. The number of nitrogens with one attached hydrogen (secondary N) is 2. The van der Waals surface area contributed by atoms with Crippen molar-refractivity contribution in [3.8, 4) is 5.88 Å². The fraction of sp³-hybridized carbons (Fsp3) is 0.294. The van der Waals surface area contributed by atoms with Crippen LogP contribution in [0, 0.1) is 0 Å². The summed E-state index contributed by atoms with van der Waals surface area (Å²) in [6.45, 7) is 0.837. The molecule has 0 radical (unpaired) electrons. The number of hydrogen-bond acceptors (Lipinski definition) is 4. The van der Waals surface area contributed by atoms with Gasteiger partial charge in [-0.1, -0.05) is 11.6 Å². The Labute approximate surface area is 167 Å². The number of benzene rings is 1. The number of alkyl halides is 1. The molecule has 2 aromatic heterocycles. The lowest BCUT2D eigenvalue weighted by Gasteiger charge is -2.10. The maximum Gasteiger partial charge on any atom is 0.366 e. The minimum absolute atomic E-state index is 0. The van der Waals surface area contributed by atoms with E-state index in [0.29, 0.717) is 16.8 Å². The zero-order valence-corrected chi connectivity index (χ0v) is 16.7. The van der Waals surface area contributed by atoms with Crippen LogP contribution >= 0.6 is 35.0 Å². The van der Waals surface area contributed by atoms with E-state index in [1.807, 2.05) is 42.1 Å². The first kappa shape index (κ1) is 20.2. The summed E-state index contributed by atoms with van der Waals surface area (Å²) in [6.07, 6.45) is 0. The van der Waals surface area contributed by atoms with Crippen molar-refractivity contribution in [2.75, 3.05) is 36.4 Å². The summed E-state index contributed by atoms with van der Waals surface area (Å²) in [5.74, 6) is 3.30. The molecule has 0 fully saturated rings. The van der Waals surface area contributed by atoms with Crippen molar-refractivity contribution in [3.05, 3.63) is 35.4 Å². The highest BCUT2D eigenvalue weighted by Crippen LogP contribution is 2.30. The lowest BCUT2D eigenvalue weighted by atomic mass is 10.1. The molecule has 0 spiro atoms. The van der Waals surface area contributed by atoms with Crippen LogP contribution in [0.2, 0.25) is 5.02 Å². The predicted octanol–water partition coefficient (Wildman–Crippen LogP) is 1.25. The molecule has 25 heavy (non-hydrogen) atoms. The first-order valence-electron chi connectivity index (χ1n) is 7.60. The van der Waals surface area contributed by atoms with Crippen molar-refractivity contribution in [1.29, 1.82) is 0 Å². The summed E-state index contributed by atoms with van der Waals surface area (Å²) < 4.78 is 5.32. The standard InChI is InChI=1S/C17H17Cl2N3OS.ClH/c1-23-15-5-4-13-17(22-15)16(20-7-9-24-8-6-18)12-3-2-11(19)10-14(12)21-13;/h2-5,10H,6-9H2,1H3,(H,20,21);1H. The fourth-order valence-electron chi connectivity index (χ4n) is 2.53. The fourth-order valence-corrected chi connectivity index (χ4v) is 3.58. The van der Waals surface area contributed by atoms with E-state index in [4.69, 9.17) is 32.9 Å². The van der Waals surface area contributed by atoms with Crippen molar-refractivity contribution in [2.24, 2.45) is 0 Å². The molecule has 0 aliphatic carbocycles. The van der Waals surface area contributed by atoms with E-state index in [0.717, 1.165) is 45.7 Å². The van der Waals surface area contributed by atoms with Crippen LogP contribution in [-0.2, 0) is 0 Å². The van der Waals surface area contributed by atoms with Gasteiger partial charge >= 0.3 is 5.88 Å². The second kappa shape index (κ2) is 9.53. The van der Waals surface area contributed by atoms with Gasteiger partial charge in [-0.05, 0) is 24.3 Å². The van der Waals surface area contributed by atoms with Crippen LogP contribution in [0.25, 0.3) is 21.9 Å². The molecular formula is C17H18Cl3N3OS. The summed E-state index contributed by atoms with van der Waals surface area (Å²) in [6, 6.07) is 9.56.